The second-order valence-electron chi connectivity index (χ2n) is 5.51. The average molecular weight is 316 g/mol. The Labute approximate surface area is 139 Å². The van der Waals surface area contributed by atoms with E-state index in [2.05, 4.69) is 30.8 Å². The van der Waals surface area contributed by atoms with E-state index in [1.807, 2.05) is 55.5 Å². The molecule has 0 spiro atoms. The quantitative estimate of drug-likeness (QED) is 0.527. The zero-order valence-corrected chi connectivity index (χ0v) is 13.1. The van der Waals surface area contributed by atoms with Gasteiger partial charge in [0, 0.05) is 28.5 Å². The fourth-order valence-electron chi connectivity index (χ4n) is 2.43. The lowest BCUT2D eigenvalue weighted by Crippen LogP contribution is -2.02. The van der Waals surface area contributed by atoms with Gasteiger partial charge in [0.1, 0.15) is 5.82 Å². The highest BCUT2D eigenvalue weighted by molar-refractivity contribution is 5.82. The molecule has 6 heteroatoms. The molecule has 0 saturated carbocycles. The third kappa shape index (κ3) is 2.89. The Hall–Kier alpha value is -3.41. The number of nitrogens with zero attached hydrogens (tertiary/aromatic N) is 3. The third-order valence-electron chi connectivity index (χ3n) is 3.71. The van der Waals surface area contributed by atoms with Crippen molar-refractivity contribution in [1.82, 2.24) is 20.2 Å². The number of aryl methyl sites for hydroxylation is 1. The number of aromatic amines is 1. The number of hydrogen-bond donors (Lipinski definition) is 3. The first-order chi connectivity index (χ1) is 11.8. The number of H-pyrrole nitrogens is 1. The lowest BCUT2D eigenvalue weighted by atomic mass is 10.2. The molecule has 0 aliphatic heterocycles. The average Bonchev–Trinajstić information content (AvgIpc) is 3.06. The number of fused-ring (bicyclic) bond motifs is 1. The summed E-state index contributed by atoms with van der Waals surface area (Å²) < 4.78 is 0. The van der Waals surface area contributed by atoms with Crippen molar-refractivity contribution in [2.45, 2.75) is 6.92 Å². The summed E-state index contributed by atoms with van der Waals surface area (Å²) in [6.45, 7) is 1.98. The van der Waals surface area contributed by atoms with Gasteiger partial charge in [0.25, 0.3) is 0 Å². The molecule has 3 N–H and O–H groups in total. The Morgan fingerprint density at radius 1 is 0.917 bits per heavy atom. The summed E-state index contributed by atoms with van der Waals surface area (Å²) in [4.78, 5) is 8.91. The van der Waals surface area contributed by atoms with Gasteiger partial charge in [-0.1, -0.05) is 18.2 Å². The number of nitrogens with one attached hydrogen (secondary N) is 3. The van der Waals surface area contributed by atoms with E-state index in [4.69, 9.17) is 0 Å². The van der Waals surface area contributed by atoms with E-state index in [1.54, 1.807) is 12.4 Å². The second kappa shape index (κ2) is 6.00. The van der Waals surface area contributed by atoms with Crippen molar-refractivity contribution in [3.63, 3.8) is 0 Å². The summed E-state index contributed by atoms with van der Waals surface area (Å²) in [6, 6.07) is 15.9. The number of benzene rings is 2. The largest absolute Gasteiger partial charge is 0.340 e. The van der Waals surface area contributed by atoms with Crippen molar-refractivity contribution in [2.75, 3.05) is 10.6 Å². The zero-order valence-electron chi connectivity index (χ0n) is 13.1. The Kier molecular flexibility index (Phi) is 3.55. The molecule has 0 fully saturated rings. The number of para-hydroxylation sites is 1. The maximum absolute atomic E-state index is 4.57. The Morgan fingerprint density at radius 2 is 1.79 bits per heavy atom. The molecule has 118 valence electrons. The lowest BCUT2D eigenvalue weighted by molar-refractivity contribution is 1.12. The van der Waals surface area contributed by atoms with Crippen LogP contribution in [-0.2, 0) is 0 Å². The molecular formula is C18H16N6. The molecule has 2 aromatic carbocycles. The van der Waals surface area contributed by atoms with Gasteiger partial charge in [0.05, 0.1) is 11.7 Å². The van der Waals surface area contributed by atoms with E-state index in [1.165, 1.54) is 0 Å². The van der Waals surface area contributed by atoms with Crippen LogP contribution in [0, 0.1) is 6.92 Å². The molecule has 6 nitrogen and oxygen atoms in total. The van der Waals surface area contributed by atoms with Crippen molar-refractivity contribution in [1.29, 1.82) is 0 Å². The SMILES string of the molecule is Cc1cnc(Nc2ccccc2)nc1Nc1ccc2cn[nH]c2c1. The van der Waals surface area contributed by atoms with E-state index in [0.717, 1.165) is 33.7 Å². The number of hydrogen-bond acceptors (Lipinski definition) is 5. The fourth-order valence-corrected chi connectivity index (χ4v) is 2.43. The standard InChI is InChI=1S/C18H16N6/c1-12-10-19-18(22-14-5-3-2-4-6-14)23-17(12)21-15-8-7-13-11-20-24-16(13)9-15/h2-11H,1H3,(H,20,24)(H2,19,21,22,23). The first kappa shape index (κ1) is 14.2. The normalized spacial score (nSPS) is 10.7. The van der Waals surface area contributed by atoms with Crippen molar-refractivity contribution in [2.24, 2.45) is 0 Å². The molecule has 0 unspecified atom stereocenters. The van der Waals surface area contributed by atoms with Gasteiger partial charge in [-0.05, 0) is 37.3 Å². The summed E-state index contributed by atoms with van der Waals surface area (Å²) in [5, 5.41) is 14.6. The summed E-state index contributed by atoms with van der Waals surface area (Å²) in [7, 11) is 0. The van der Waals surface area contributed by atoms with Crippen LogP contribution in [-0.4, -0.2) is 20.2 Å². The minimum atomic E-state index is 0.553. The lowest BCUT2D eigenvalue weighted by Gasteiger charge is -2.11. The number of aromatic nitrogens is 4. The number of anilines is 4. The summed E-state index contributed by atoms with van der Waals surface area (Å²) in [5.74, 6) is 1.32. The molecule has 0 radical (unpaired) electrons. The Balaban J connectivity index is 1.61. The Morgan fingerprint density at radius 3 is 2.67 bits per heavy atom. The minimum absolute atomic E-state index is 0.553. The molecule has 0 amide bonds. The van der Waals surface area contributed by atoms with Crippen LogP contribution in [0.15, 0.2) is 60.9 Å². The van der Waals surface area contributed by atoms with Crippen LogP contribution in [0.5, 0.6) is 0 Å². The molecule has 0 aliphatic rings. The van der Waals surface area contributed by atoms with Crippen molar-refractivity contribution >= 4 is 34.0 Å². The van der Waals surface area contributed by atoms with E-state index >= 15 is 0 Å². The van der Waals surface area contributed by atoms with Crippen LogP contribution in [0.4, 0.5) is 23.1 Å². The molecule has 24 heavy (non-hydrogen) atoms. The molecule has 2 aromatic heterocycles. The van der Waals surface area contributed by atoms with E-state index in [-0.39, 0.29) is 0 Å². The molecule has 0 saturated heterocycles. The van der Waals surface area contributed by atoms with Gasteiger partial charge in [-0.15, -0.1) is 0 Å². The highest BCUT2D eigenvalue weighted by atomic mass is 15.1. The first-order valence-corrected chi connectivity index (χ1v) is 7.64. The van der Waals surface area contributed by atoms with Crippen LogP contribution in [0.2, 0.25) is 0 Å². The van der Waals surface area contributed by atoms with Gasteiger partial charge in [-0.25, -0.2) is 4.98 Å². The Bertz CT molecular complexity index is 977. The molecule has 0 atom stereocenters. The van der Waals surface area contributed by atoms with E-state index in [9.17, 15) is 0 Å². The summed E-state index contributed by atoms with van der Waals surface area (Å²) >= 11 is 0. The predicted molar refractivity (Wildman–Crippen MR) is 95.9 cm³/mol. The molecule has 4 aromatic rings. The van der Waals surface area contributed by atoms with E-state index in [0.29, 0.717) is 5.95 Å². The monoisotopic (exact) mass is 316 g/mol. The second-order valence-corrected chi connectivity index (χ2v) is 5.51. The van der Waals surface area contributed by atoms with Crippen molar-refractivity contribution < 1.29 is 0 Å². The summed E-state index contributed by atoms with van der Waals surface area (Å²) in [6.07, 6.45) is 3.60. The van der Waals surface area contributed by atoms with Gasteiger partial charge in [0.15, 0.2) is 0 Å². The van der Waals surface area contributed by atoms with Crippen LogP contribution < -0.4 is 10.6 Å². The smallest absolute Gasteiger partial charge is 0.229 e. The molecule has 0 bridgehead atoms. The van der Waals surface area contributed by atoms with Crippen LogP contribution in [0.1, 0.15) is 5.56 Å². The van der Waals surface area contributed by atoms with E-state index < -0.39 is 0 Å². The first-order valence-electron chi connectivity index (χ1n) is 7.64. The molecule has 4 rings (SSSR count). The maximum Gasteiger partial charge on any atom is 0.229 e. The van der Waals surface area contributed by atoms with Crippen molar-refractivity contribution in [3.05, 3.63) is 66.5 Å². The maximum atomic E-state index is 4.57. The van der Waals surface area contributed by atoms with Gasteiger partial charge in [-0.2, -0.15) is 10.1 Å². The summed E-state index contributed by atoms with van der Waals surface area (Å²) in [5.41, 5.74) is 3.85. The van der Waals surface area contributed by atoms with Crippen LogP contribution in [0.25, 0.3) is 10.9 Å². The third-order valence-corrected chi connectivity index (χ3v) is 3.71. The van der Waals surface area contributed by atoms with Crippen LogP contribution >= 0.6 is 0 Å². The predicted octanol–water partition coefficient (Wildman–Crippen LogP) is 4.15. The van der Waals surface area contributed by atoms with Crippen molar-refractivity contribution in [3.8, 4) is 0 Å². The highest BCUT2D eigenvalue weighted by Crippen LogP contribution is 2.23. The van der Waals surface area contributed by atoms with Gasteiger partial charge in [-0.3, -0.25) is 5.10 Å². The molecular weight excluding hydrogens is 300 g/mol. The molecule has 2 heterocycles. The topological polar surface area (TPSA) is 78.5 Å². The minimum Gasteiger partial charge on any atom is -0.340 e. The molecule has 0 aliphatic carbocycles. The van der Waals surface area contributed by atoms with Crippen LogP contribution in [0.3, 0.4) is 0 Å². The van der Waals surface area contributed by atoms with Gasteiger partial charge >= 0.3 is 0 Å². The highest BCUT2D eigenvalue weighted by Gasteiger charge is 2.06. The zero-order chi connectivity index (χ0) is 16.4. The van der Waals surface area contributed by atoms with Gasteiger partial charge < -0.3 is 10.6 Å². The number of rotatable bonds is 4. The fraction of sp³-hybridized carbons (Fsp3) is 0.0556. The van der Waals surface area contributed by atoms with Gasteiger partial charge in [0.2, 0.25) is 5.95 Å².